The molecule has 0 radical (unpaired) electrons. The molecular weight excluding hydrogens is 271 g/mol. The lowest BCUT2D eigenvalue weighted by atomic mass is 10.2. The van der Waals surface area contributed by atoms with Crippen LogP contribution in [0.4, 0.5) is 18.9 Å². The molecule has 1 aromatic rings. The summed E-state index contributed by atoms with van der Waals surface area (Å²) in [5, 5.41) is 19.5. The van der Waals surface area contributed by atoms with Gasteiger partial charge in [-0.05, 0) is 6.07 Å². The van der Waals surface area contributed by atoms with Crippen LogP contribution >= 0.6 is 0 Å². The third kappa shape index (κ3) is 5.10. The van der Waals surface area contributed by atoms with E-state index in [1.165, 1.54) is 6.07 Å². The minimum absolute atomic E-state index is 0.0234. The number of non-ortho nitro benzene ring substituents is 1. The standard InChI is InChI=1S/C10H10F3NO5/c11-10(12,13)5-18-6-19-9-2-1-8(14(16)17)3-7(9)4-15/h1-3,15H,4-6H2. The van der Waals surface area contributed by atoms with Gasteiger partial charge in [0.25, 0.3) is 5.69 Å². The second-order valence-corrected chi connectivity index (χ2v) is 3.43. The number of nitro groups is 1. The smallest absolute Gasteiger partial charge is 0.411 e. The Kier molecular flexibility index (Phi) is 5.07. The summed E-state index contributed by atoms with van der Waals surface area (Å²) in [7, 11) is 0. The molecule has 9 heteroatoms. The molecule has 0 aliphatic heterocycles. The molecule has 0 atom stereocenters. The zero-order valence-electron chi connectivity index (χ0n) is 9.51. The van der Waals surface area contributed by atoms with E-state index in [1.54, 1.807) is 0 Å². The van der Waals surface area contributed by atoms with Crippen LogP contribution in [0, 0.1) is 10.1 Å². The number of aliphatic hydroxyl groups is 1. The van der Waals surface area contributed by atoms with Crippen molar-refractivity contribution in [2.24, 2.45) is 0 Å². The molecule has 1 rings (SSSR count). The highest BCUT2D eigenvalue weighted by Gasteiger charge is 2.27. The van der Waals surface area contributed by atoms with Crippen LogP contribution in [0.5, 0.6) is 5.75 Å². The molecule has 0 unspecified atom stereocenters. The number of nitrogens with zero attached hydrogens (tertiary/aromatic N) is 1. The first kappa shape index (κ1) is 15.2. The highest BCUT2D eigenvalue weighted by molar-refractivity contribution is 5.43. The summed E-state index contributed by atoms with van der Waals surface area (Å²) in [6.45, 7) is -2.69. The van der Waals surface area contributed by atoms with Crippen LogP contribution in [0.25, 0.3) is 0 Å². The SMILES string of the molecule is O=[N+]([O-])c1ccc(OCOCC(F)(F)F)c(CO)c1. The van der Waals surface area contributed by atoms with Gasteiger partial charge in [-0.3, -0.25) is 10.1 Å². The average Bonchev–Trinajstić information content (AvgIpc) is 2.33. The van der Waals surface area contributed by atoms with Crippen molar-refractivity contribution in [3.05, 3.63) is 33.9 Å². The van der Waals surface area contributed by atoms with Crippen molar-refractivity contribution in [1.82, 2.24) is 0 Å². The van der Waals surface area contributed by atoms with Crippen LogP contribution in [0.15, 0.2) is 18.2 Å². The van der Waals surface area contributed by atoms with Crippen LogP contribution in [0.2, 0.25) is 0 Å². The van der Waals surface area contributed by atoms with Gasteiger partial charge in [0.05, 0.1) is 11.5 Å². The quantitative estimate of drug-likeness (QED) is 0.373. The Bertz CT molecular complexity index is 449. The van der Waals surface area contributed by atoms with Crippen molar-refractivity contribution < 1.29 is 32.7 Å². The minimum Gasteiger partial charge on any atom is -0.467 e. The molecular formula is C10H10F3NO5. The number of ether oxygens (including phenoxy) is 2. The second kappa shape index (κ2) is 6.34. The maximum atomic E-state index is 11.8. The lowest BCUT2D eigenvalue weighted by Gasteiger charge is -2.11. The average molecular weight is 281 g/mol. The van der Waals surface area contributed by atoms with Gasteiger partial charge in [-0.15, -0.1) is 0 Å². The highest BCUT2D eigenvalue weighted by Crippen LogP contribution is 2.24. The van der Waals surface area contributed by atoms with Gasteiger partial charge in [0.15, 0.2) is 6.79 Å². The zero-order valence-corrected chi connectivity index (χ0v) is 9.51. The van der Waals surface area contributed by atoms with Gasteiger partial charge < -0.3 is 14.6 Å². The normalized spacial score (nSPS) is 11.4. The van der Waals surface area contributed by atoms with E-state index in [9.17, 15) is 23.3 Å². The predicted octanol–water partition coefficient (Wildman–Crippen LogP) is 2.00. The summed E-state index contributed by atoms with van der Waals surface area (Å²) in [5.41, 5.74) is -0.169. The van der Waals surface area contributed by atoms with Gasteiger partial charge in [-0.1, -0.05) is 0 Å². The van der Waals surface area contributed by atoms with Gasteiger partial charge >= 0.3 is 6.18 Å². The largest absolute Gasteiger partial charge is 0.467 e. The summed E-state index contributed by atoms with van der Waals surface area (Å²) in [6.07, 6.45) is -4.46. The molecule has 0 saturated heterocycles. The Morgan fingerprint density at radius 1 is 1.37 bits per heavy atom. The van der Waals surface area contributed by atoms with Gasteiger partial charge in [0.2, 0.25) is 0 Å². The van der Waals surface area contributed by atoms with E-state index in [4.69, 9.17) is 9.84 Å². The number of hydrogen-bond donors (Lipinski definition) is 1. The highest BCUT2D eigenvalue weighted by atomic mass is 19.4. The molecule has 0 fully saturated rings. The number of benzene rings is 1. The van der Waals surface area contributed by atoms with E-state index in [1.807, 2.05) is 0 Å². The van der Waals surface area contributed by atoms with Crippen molar-refractivity contribution in [3.63, 3.8) is 0 Å². The van der Waals surface area contributed by atoms with Crippen LogP contribution in [0.3, 0.4) is 0 Å². The van der Waals surface area contributed by atoms with Gasteiger partial charge in [0, 0.05) is 17.7 Å². The van der Waals surface area contributed by atoms with Crippen molar-refractivity contribution in [2.45, 2.75) is 12.8 Å². The molecule has 0 aliphatic carbocycles. The number of halogens is 3. The zero-order chi connectivity index (χ0) is 14.5. The van der Waals surface area contributed by atoms with E-state index in [2.05, 4.69) is 4.74 Å². The fourth-order valence-corrected chi connectivity index (χ4v) is 1.21. The molecule has 1 aromatic carbocycles. The van der Waals surface area contributed by atoms with E-state index >= 15 is 0 Å². The Morgan fingerprint density at radius 3 is 2.58 bits per heavy atom. The first-order valence-corrected chi connectivity index (χ1v) is 4.99. The molecule has 1 N–H and O–H groups in total. The number of hydrogen-bond acceptors (Lipinski definition) is 5. The maximum absolute atomic E-state index is 11.8. The number of alkyl halides is 3. The lowest BCUT2D eigenvalue weighted by Crippen LogP contribution is -2.19. The van der Waals surface area contributed by atoms with Crippen molar-refractivity contribution in [3.8, 4) is 5.75 Å². The van der Waals surface area contributed by atoms with E-state index in [0.29, 0.717) is 0 Å². The third-order valence-electron chi connectivity index (χ3n) is 1.99. The monoisotopic (exact) mass is 281 g/mol. The first-order chi connectivity index (χ1) is 8.83. The summed E-state index contributed by atoms with van der Waals surface area (Å²) >= 11 is 0. The number of rotatable bonds is 6. The predicted molar refractivity (Wildman–Crippen MR) is 56.5 cm³/mol. The molecule has 0 heterocycles. The first-order valence-electron chi connectivity index (χ1n) is 4.99. The molecule has 6 nitrogen and oxygen atoms in total. The third-order valence-corrected chi connectivity index (χ3v) is 1.99. The maximum Gasteiger partial charge on any atom is 0.411 e. The molecule has 19 heavy (non-hydrogen) atoms. The van der Waals surface area contributed by atoms with E-state index in [-0.39, 0.29) is 17.0 Å². The molecule has 0 saturated carbocycles. The van der Waals surface area contributed by atoms with Crippen molar-refractivity contribution >= 4 is 5.69 Å². The summed E-state index contributed by atoms with van der Waals surface area (Å²) in [5.74, 6) is 0.0234. The second-order valence-electron chi connectivity index (χ2n) is 3.43. The fraction of sp³-hybridized carbons (Fsp3) is 0.400. The summed E-state index contributed by atoms with van der Waals surface area (Å²) < 4.78 is 44.4. The van der Waals surface area contributed by atoms with Crippen molar-refractivity contribution in [1.29, 1.82) is 0 Å². The van der Waals surface area contributed by atoms with Gasteiger partial charge in [-0.2, -0.15) is 13.2 Å². The molecule has 0 spiro atoms. The Balaban J connectivity index is 2.61. The molecule has 0 bridgehead atoms. The van der Waals surface area contributed by atoms with Gasteiger partial charge in [-0.25, -0.2) is 0 Å². The van der Waals surface area contributed by atoms with Crippen molar-refractivity contribution in [2.75, 3.05) is 13.4 Å². The van der Waals surface area contributed by atoms with Crippen LogP contribution in [0.1, 0.15) is 5.56 Å². The Labute approximate surface area is 105 Å². The number of nitro benzene ring substituents is 1. The van der Waals surface area contributed by atoms with Crippen LogP contribution in [-0.2, 0) is 11.3 Å². The lowest BCUT2D eigenvalue weighted by molar-refractivity contribution is -0.385. The van der Waals surface area contributed by atoms with Crippen LogP contribution in [-0.4, -0.2) is 29.6 Å². The number of aliphatic hydroxyl groups excluding tert-OH is 1. The molecule has 106 valence electrons. The summed E-state index contributed by atoms with van der Waals surface area (Å²) in [4.78, 5) is 9.82. The Morgan fingerprint density at radius 2 is 2.05 bits per heavy atom. The fourth-order valence-electron chi connectivity index (χ4n) is 1.21. The molecule has 0 amide bonds. The minimum atomic E-state index is -4.46. The van der Waals surface area contributed by atoms with E-state index < -0.39 is 31.1 Å². The Hall–Kier alpha value is -1.87. The molecule has 0 aromatic heterocycles. The topological polar surface area (TPSA) is 81.8 Å². The summed E-state index contributed by atoms with van der Waals surface area (Å²) in [6, 6.07) is 3.36. The van der Waals surface area contributed by atoms with E-state index in [0.717, 1.165) is 12.1 Å². The van der Waals surface area contributed by atoms with Gasteiger partial charge in [0.1, 0.15) is 12.4 Å². The molecule has 0 aliphatic rings. The van der Waals surface area contributed by atoms with Crippen LogP contribution < -0.4 is 4.74 Å².